The Hall–Kier alpha value is -3.58. The summed E-state index contributed by atoms with van der Waals surface area (Å²) >= 11 is 3.48. The van der Waals surface area contributed by atoms with Crippen molar-refractivity contribution in [3.63, 3.8) is 0 Å². The molecule has 0 bridgehead atoms. The molecule has 1 saturated heterocycles. The second-order valence-corrected chi connectivity index (χ2v) is 11.7. The maximum absolute atomic E-state index is 14.5. The first-order chi connectivity index (χ1) is 17.6. The summed E-state index contributed by atoms with van der Waals surface area (Å²) in [5.41, 5.74) is 0.719. The molecule has 2 aliphatic heterocycles. The Morgan fingerprint density at radius 1 is 0.919 bits per heavy atom. The van der Waals surface area contributed by atoms with Gasteiger partial charge in [-0.05, 0) is 49.6 Å². The van der Waals surface area contributed by atoms with Gasteiger partial charge in [0.2, 0.25) is 0 Å². The number of rotatable bonds is 2. The van der Waals surface area contributed by atoms with E-state index in [4.69, 9.17) is 9.84 Å². The Morgan fingerprint density at radius 2 is 1.51 bits per heavy atom. The number of hydrazone groups is 1. The standard InChI is InChI=1S/C30H25BrN2O4/c1-29(2,3)37-28(36)24-23(17-12-14-19(31)15-13-17)30(26(34)21-10-6-7-11-22(21)27(30)35)25-20-9-5-4-8-18(20)16-32-33(24)25/h4-16,23-25H,1-3H3/t23-,24+,25+/m0/s1. The largest absolute Gasteiger partial charge is 0.458 e. The third-order valence-corrected chi connectivity index (χ3v) is 7.98. The Balaban J connectivity index is 1.67. The average molecular weight is 557 g/mol. The minimum Gasteiger partial charge on any atom is -0.458 e. The molecule has 6 rings (SSSR count). The Kier molecular flexibility index (Phi) is 5.28. The summed E-state index contributed by atoms with van der Waals surface area (Å²) in [7, 11) is 0. The molecule has 7 heteroatoms. The van der Waals surface area contributed by atoms with Crippen molar-refractivity contribution in [2.24, 2.45) is 10.5 Å². The second kappa shape index (κ2) is 8.21. The van der Waals surface area contributed by atoms with Crippen LogP contribution in [-0.4, -0.2) is 40.4 Å². The van der Waals surface area contributed by atoms with Crippen LogP contribution in [0.3, 0.4) is 0 Å². The van der Waals surface area contributed by atoms with E-state index in [1.807, 2.05) is 48.5 Å². The van der Waals surface area contributed by atoms with Gasteiger partial charge in [-0.15, -0.1) is 0 Å². The molecule has 3 atom stereocenters. The summed E-state index contributed by atoms with van der Waals surface area (Å²) in [5, 5.41) is 6.35. The van der Waals surface area contributed by atoms with E-state index in [1.165, 1.54) is 0 Å². The summed E-state index contributed by atoms with van der Waals surface area (Å²) in [6.45, 7) is 5.41. The highest BCUT2D eigenvalue weighted by atomic mass is 79.9. The van der Waals surface area contributed by atoms with Crippen molar-refractivity contribution in [2.75, 3.05) is 0 Å². The number of Topliss-reactive ketones (excluding diaryl/α,β-unsaturated/α-hetero) is 2. The van der Waals surface area contributed by atoms with Gasteiger partial charge in [0.15, 0.2) is 17.6 Å². The van der Waals surface area contributed by atoms with Crippen LogP contribution < -0.4 is 0 Å². The minimum absolute atomic E-state index is 0.283. The molecule has 1 aliphatic carbocycles. The number of esters is 1. The number of halogens is 1. The van der Waals surface area contributed by atoms with Crippen LogP contribution in [0.4, 0.5) is 0 Å². The maximum Gasteiger partial charge on any atom is 0.331 e. The molecule has 2 heterocycles. The number of fused-ring (bicyclic) bond motifs is 5. The quantitative estimate of drug-likeness (QED) is 0.298. The Bertz CT molecular complexity index is 1450. The number of benzene rings is 3. The van der Waals surface area contributed by atoms with Crippen LogP contribution in [0.25, 0.3) is 0 Å². The predicted octanol–water partition coefficient (Wildman–Crippen LogP) is 5.71. The highest BCUT2D eigenvalue weighted by Crippen LogP contribution is 2.64. The van der Waals surface area contributed by atoms with E-state index in [0.717, 1.165) is 15.6 Å². The van der Waals surface area contributed by atoms with Gasteiger partial charge in [-0.25, -0.2) is 4.79 Å². The van der Waals surface area contributed by atoms with Crippen molar-refractivity contribution >= 4 is 39.7 Å². The van der Waals surface area contributed by atoms with E-state index in [0.29, 0.717) is 16.7 Å². The first kappa shape index (κ1) is 23.8. The molecule has 186 valence electrons. The van der Waals surface area contributed by atoms with E-state index < -0.39 is 35.0 Å². The number of hydrogen-bond acceptors (Lipinski definition) is 6. The van der Waals surface area contributed by atoms with E-state index in [1.54, 1.807) is 56.3 Å². The van der Waals surface area contributed by atoms with Crippen LogP contribution in [0.2, 0.25) is 0 Å². The molecular weight excluding hydrogens is 532 g/mol. The van der Waals surface area contributed by atoms with Gasteiger partial charge in [0.05, 0.1) is 12.3 Å². The fourth-order valence-electron chi connectivity index (χ4n) is 6.15. The minimum atomic E-state index is -1.59. The van der Waals surface area contributed by atoms with Gasteiger partial charge in [-0.2, -0.15) is 5.10 Å². The lowest BCUT2D eigenvalue weighted by atomic mass is 9.63. The second-order valence-electron chi connectivity index (χ2n) is 10.7. The molecule has 3 aromatic rings. The van der Waals surface area contributed by atoms with Crippen LogP contribution in [0.1, 0.15) is 70.1 Å². The molecule has 37 heavy (non-hydrogen) atoms. The molecule has 1 spiro atoms. The fourth-order valence-corrected chi connectivity index (χ4v) is 6.42. The van der Waals surface area contributed by atoms with Crippen molar-refractivity contribution in [3.8, 4) is 0 Å². The van der Waals surface area contributed by atoms with Gasteiger partial charge in [0.25, 0.3) is 0 Å². The first-order valence-corrected chi connectivity index (χ1v) is 13.0. The fraction of sp³-hybridized carbons (Fsp3) is 0.267. The lowest BCUT2D eigenvalue weighted by Gasteiger charge is -2.36. The van der Waals surface area contributed by atoms with E-state index >= 15 is 0 Å². The summed E-state index contributed by atoms with van der Waals surface area (Å²) in [6, 6.07) is 20.2. The third kappa shape index (κ3) is 3.37. The monoisotopic (exact) mass is 556 g/mol. The van der Waals surface area contributed by atoms with Gasteiger partial charge in [0.1, 0.15) is 11.0 Å². The molecule has 0 N–H and O–H groups in total. The predicted molar refractivity (Wildman–Crippen MR) is 143 cm³/mol. The number of carbonyl (C=O) groups is 3. The zero-order chi connectivity index (χ0) is 26.1. The van der Waals surface area contributed by atoms with Crippen LogP contribution in [-0.2, 0) is 9.53 Å². The average Bonchev–Trinajstić information content (AvgIpc) is 3.30. The highest BCUT2D eigenvalue weighted by molar-refractivity contribution is 9.10. The van der Waals surface area contributed by atoms with Crippen LogP contribution >= 0.6 is 15.9 Å². The number of nitrogens with zero attached hydrogens (tertiary/aromatic N) is 2. The zero-order valence-corrected chi connectivity index (χ0v) is 22.2. The zero-order valence-electron chi connectivity index (χ0n) is 20.6. The molecule has 0 unspecified atom stereocenters. The van der Waals surface area contributed by atoms with Crippen molar-refractivity contribution < 1.29 is 19.1 Å². The van der Waals surface area contributed by atoms with Gasteiger partial charge < -0.3 is 4.74 Å². The Labute approximate surface area is 223 Å². The molecule has 3 aliphatic rings. The van der Waals surface area contributed by atoms with Gasteiger partial charge in [0, 0.05) is 21.5 Å². The van der Waals surface area contributed by atoms with Gasteiger partial charge in [-0.1, -0.05) is 76.6 Å². The number of ketones is 2. The maximum atomic E-state index is 14.5. The van der Waals surface area contributed by atoms with E-state index in [9.17, 15) is 14.4 Å². The molecule has 1 fully saturated rings. The normalized spacial score (nSPS) is 23.1. The molecule has 0 saturated carbocycles. The smallest absolute Gasteiger partial charge is 0.331 e. The first-order valence-electron chi connectivity index (χ1n) is 12.2. The lowest BCUT2D eigenvalue weighted by molar-refractivity contribution is -0.161. The van der Waals surface area contributed by atoms with Crippen LogP contribution in [0.5, 0.6) is 0 Å². The molecular formula is C30H25BrN2O4. The molecule has 6 nitrogen and oxygen atoms in total. The van der Waals surface area contributed by atoms with E-state index in [2.05, 4.69) is 15.9 Å². The molecule has 0 aromatic heterocycles. The van der Waals surface area contributed by atoms with Crippen molar-refractivity contribution in [1.82, 2.24) is 5.01 Å². The number of ether oxygens (including phenoxy) is 1. The summed E-state index contributed by atoms with van der Waals surface area (Å²) in [4.78, 5) is 43.0. The van der Waals surface area contributed by atoms with Crippen LogP contribution in [0.15, 0.2) is 82.4 Å². The van der Waals surface area contributed by atoms with Crippen molar-refractivity contribution in [1.29, 1.82) is 0 Å². The molecule has 3 aromatic carbocycles. The highest BCUT2D eigenvalue weighted by Gasteiger charge is 2.73. The number of carbonyl (C=O) groups excluding carboxylic acids is 3. The lowest BCUT2D eigenvalue weighted by Crippen LogP contribution is -2.44. The van der Waals surface area contributed by atoms with E-state index in [-0.39, 0.29) is 11.6 Å². The Morgan fingerprint density at radius 3 is 2.14 bits per heavy atom. The van der Waals surface area contributed by atoms with Gasteiger partial charge in [-0.3, -0.25) is 14.6 Å². The summed E-state index contributed by atoms with van der Waals surface area (Å²) in [6.07, 6.45) is 1.69. The molecule has 0 radical (unpaired) electrons. The van der Waals surface area contributed by atoms with Gasteiger partial charge >= 0.3 is 5.97 Å². The molecule has 0 amide bonds. The summed E-state index contributed by atoms with van der Waals surface area (Å²) < 4.78 is 6.75. The topological polar surface area (TPSA) is 76.0 Å². The van der Waals surface area contributed by atoms with Crippen molar-refractivity contribution in [2.45, 2.75) is 44.4 Å². The van der Waals surface area contributed by atoms with Crippen LogP contribution in [0, 0.1) is 5.41 Å². The third-order valence-electron chi connectivity index (χ3n) is 7.45. The van der Waals surface area contributed by atoms with Crippen molar-refractivity contribution in [3.05, 3.63) is 105 Å². The SMILES string of the molecule is CC(C)(C)OC(=O)[C@H]1[C@H](c2ccc(Br)cc2)C2(C(=O)c3ccccc3C2=O)[C@H]2c3ccccc3C=NN12. The summed E-state index contributed by atoms with van der Waals surface area (Å²) in [5.74, 6) is -1.91. The number of hydrogen-bond donors (Lipinski definition) is 0.